The number of halogens is 3. The van der Waals surface area contributed by atoms with E-state index in [0.29, 0.717) is 23.0 Å². The summed E-state index contributed by atoms with van der Waals surface area (Å²) in [5.74, 6) is 0.969. The van der Waals surface area contributed by atoms with Crippen LogP contribution in [0.1, 0.15) is 6.92 Å². The average molecular weight is 434 g/mol. The molecule has 0 amide bonds. The second-order valence-electron chi connectivity index (χ2n) is 5.85. The molecule has 2 aromatic carbocycles. The maximum absolute atomic E-state index is 14.1. The van der Waals surface area contributed by atoms with Crippen LogP contribution in [0.4, 0.5) is 4.39 Å². The molecule has 0 unspecified atom stereocenters. The van der Waals surface area contributed by atoms with Crippen molar-refractivity contribution >= 4 is 34.5 Å². The first-order valence-electron chi connectivity index (χ1n) is 8.46. The van der Waals surface area contributed by atoms with Crippen LogP contribution in [-0.4, -0.2) is 21.8 Å². The molecule has 0 fully saturated rings. The van der Waals surface area contributed by atoms with Crippen molar-refractivity contribution in [2.75, 3.05) is 6.61 Å². The lowest BCUT2D eigenvalue weighted by molar-refractivity contribution is 0.340. The Hall–Kier alpha value is -2.41. The zero-order valence-electron chi connectivity index (χ0n) is 14.7. The van der Waals surface area contributed by atoms with Crippen LogP contribution in [0, 0.1) is 5.82 Å². The maximum Gasteiger partial charge on any atom is 0.183 e. The summed E-state index contributed by atoms with van der Waals surface area (Å²) in [5, 5.41) is 9.61. The fraction of sp³-hybridized carbons (Fsp3) is 0.100. The summed E-state index contributed by atoms with van der Waals surface area (Å²) in [4.78, 5) is 5.29. The average Bonchev–Trinajstić information content (AvgIpc) is 3.29. The van der Waals surface area contributed by atoms with Crippen molar-refractivity contribution in [3.8, 4) is 39.0 Å². The number of hydrogen-bond acceptors (Lipinski definition) is 4. The van der Waals surface area contributed by atoms with Gasteiger partial charge in [-0.2, -0.15) is 5.10 Å². The minimum absolute atomic E-state index is 0.181. The Labute approximate surface area is 174 Å². The number of nitrogens with one attached hydrogen (secondary N) is 1. The number of H-pyrrole nitrogens is 1. The van der Waals surface area contributed by atoms with Gasteiger partial charge >= 0.3 is 0 Å². The Morgan fingerprint density at radius 2 is 1.93 bits per heavy atom. The van der Waals surface area contributed by atoms with Gasteiger partial charge in [-0.25, -0.2) is 9.37 Å². The summed E-state index contributed by atoms with van der Waals surface area (Å²) in [6, 6.07) is 12.2. The van der Waals surface area contributed by atoms with Crippen LogP contribution < -0.4 is 4.74 Å². The second-order valence-corrected chi connectivity index (χ2v) is 7.52. The van der Waals surface area contributed by atoms with Crippen LogP contribution in [0.25, 0.3) is 33.2 Å². The highest BCUT2D eigenvalue weighted by atomic mass is 35.5. The van der Waals surface area contributed by atoms with Gasteiger partial charge in [-0.3, -0.25) is 5.10 Å². The van der Waals surface area contributed by atoms with Crippen molar-refractivity contribution in [1.82, 2.24) is 15.2 Å². The monoisotopic (exact) mass is 433 g/mol. The lowest BCUT2D eigenvalue weighted by atomic mass is 10.1. The van der Waals surface area contributed by atoms with Crippen LogP contribution >= 0.6 is 34.5 Å². The number of hydrogen-bond donors (Lipinski definition) is 1. The zero-order chi connectivity index (χ0) is 19.7. The quantitative estimate of drug-likeness (QED) is 0.380. The Bertz CT molecular complexity index is 1100. The van der Waals surface area contributed by atoms with Gasteiger partial charge < -0.3 is 4.74 Å². The Kier molecular flexibility index (Phi) is 5.35. The van der Waals surface area contributed by atoms with E-state index >= 15 is 0 Å². The highest BCUT2D eigenvalue weighted by molar-refractivity contribution is 7.14. The molecule has 142 valence electrons. The minimum atomic E-state index is -0.471. The number of aromatic nitrogens is 3. The first-order valence-corrected chi connectivity index (χ1v) is 10.1. The van der Waals surface area contributed by atoms with E-state index in [4.69, 9.17) is 27.9 Å². The maximum atomic E-state index is 14.1. The SMILES string of the molecule is CCOc1ccc(-c2scc(-c3n[nH]c(-c4c(F)cccc4Cl)n3)c2Cl)cc1. The highest BCUT2D eigenvalue weighted by Gasteiger charge is 2.19. The number of benzene rings is 2. The summed E-state index contributed by atoms with van der Waals surface area (Å²) in [7, 11) is 0. The van der Waals surface area contributed by atoms with E-state index in [1.54, 1.807) is 6.07 Å². The van der Waals surface area contributed by atoms with Crippen LogP contribution in [0.15, 0.2) is 47.8 Å². The second kappa shape index (κ2) is 7.91. The largest absolute Gasteiger partial charge is 0.494 e. The zero-order valence-corrected chi connectivity index (χ0v) is 17.0. The predicted octanol–water partition coefficient (Wildman–Crippen LogP) is 6.71. The van der Waals surface area contributed by atoms with Crippen LogP contribution in [0.3, 0.4) is 0 Å². The van der Waals surface area contributed by atoms with E-state index in [9.17, 15) is 4.39 Å². The number of aromatic amines is 1. The van der Waals surface area contributed by atoms with Gasteiger partial charge in [0.05, 0.1) is 32.7 Å². The third-order valence-corrected chi connectivity index (χ3v) is 5.93. The van der Waals surface area contributed by atoms with E-state index in [0.717, 1.165) is 16.2 Å². The van der Waals surface area contributed by atoms with Gasteiger partial charge in [0.25, 0.3) is 0 Å². The summed E-state index contributed by atoms with van der Waals surface area (Å²) < 4.78 is 19.6. The number of rotatable bonds is 5. The van der Waals surface area contributed by atoms with Gasteiger partial charge in [-0.1, -0.05) is 29.3 Å². The molecule has 0 saturated carbocycles. The van der Waals surface area contributed by atoms with E-state index in [-0.39, 0.29) is 16.4 Å². The molecule has 2 aromatic heterocycles. The molecule has 8 heteroatoms. The van der Waals surface area contributed by atoms with Crippen molar-refractivity contribution in [3.63, 3.8) is 0 Å². The van der Waals surface area contributed by atoms with Gasteiger partial charge in [0, 0.05) is 5.38 Å². The van der Waals surface area contributed by atoms with E-state index in [1.807, 2.05) is 36.6 Å². The van der Waals surface area contributed by atoms with Crippen molar-refractivity contribution < 1.29 is 9.13 Å². The molecular formula is C20H14Cl2FN3OS. The molecule has 0 aliphatic heterocycles. The molecule has 0 radical (unpaired) electrons. The summed E-state index contributed by atoms with van der Waals surface area (Å²) in [6.45, 7) is 2.55. The van der Waals surface area contributed by atoms with E-state index in [2.05, 4.69) is 15.2 Å². The molecule has 0 bridgehead atoms. The molecule has 0 spiro atoms. The van der Waals surface area contributed by atoms with Gasteiger partial charge in [-0.15, -0.1) is 11.3 Å². The Balaban J connectivity index is 1.68. The van der Waals surface area contributed by atoms with Crippen molar-refractivity contribution in [1.29, 1.82) is 0 Å². The van der Waals surface area contributed by atoms with E-state index in [1.165, 1.54) is 23.5 Å². The minimum Gasteiger partial charge on any atom is -0.494 e. The molecule has 2 heterocycles. The molecule has 0 saturated heterocycles. The molecule has 0 atom stereocenters. The van der Waals surface area contributed by atoms with Crippen LogP contribution in [-0.2, 0) is 0 Å². The summed E-state index contributed by atoms with van der Waals surface area (Å²) in [6.07, 6.45) is 0. The lowest BCUT2D eigenvalue weighted by Crippen LogP contribution is -1.90. The number of thiophene rings is 1. The third-order valence-electron chi connectivity index (χ3n) is 4.08. The number of nitrogens with zero attached hydrogens (tertiary/aromatic N) is 2. The molecule has 4 aromatic rings. The highest BCUT2D eigenvalue weighted by Crippen LogP contribution is 2.41. The molecule has 1 N–H and O–H groups in total. The van der Waals surface area contributed by atoms with Gasteiger partial charge in [0.1, 0.15) is 11.6 Å². The molecule has 0 aliphatic rings. The van der Waals surface area contributed by atoms with Gasteiger partial charge in [0.15, 0.2) is 11.6 Å². The van der Waals surface area contributed by atoms with Gasteiger partial charge in [0.2, 0.25) is 0 Å². The van der Waals surface area contributed by atoms with Gasteiger partial charge in [-0.05, 0) is 48.9 Å². The Morgan fingerprint density at radius 1 is 1.14 bits per heavy atom. The topological polar surface area (TPSA) is 50.8 Å². The number of ether oxygens (including phenoxy) is 1. The smallest absolute Gasteiger partial charge is 0.183 e. The normalized spacial score (nSPS) is 11.0. The van der Waals surface area contributed by atoms with Crippen molar-refractivity contribution in [2.45, 2.75) is 6.92 Å². The predicted molar refractivity (Wildman–Crippen MR) is 112 cm³/mol. The van der Waals surface area contributed by atoms with E-state index < -0.39 is 5.82 Å². The third kappa shape index (κ3) is 3.51. The summed E-state index contributed by atoms with van der Waals surface area (Å²) in [5.41, 5.74) is 1.82. The molecule has 28 heavy (non-hydrogen) atoms. The molecule has 4 nitrogen and oxygen atoms in total. The summed E-state index contributed by atoms with van der Waals surface area (Å²) >= 11 is 14.2. The fourth-order valence-corrected chi connectivity index (χ4v) is 4.42. The van der Waals surface area contributed by atoms with Crippen LogP contribution in [0.2, 0.25) is 10.0 Å². The molecular weight excluding hydrogens is 420 g/mol. The fourth-order valence-electron chi connectivity index (χ4n) is 2.78. The standard InChI is InChI=1S/C20H14Cl2FN3OS/c1-2-27-12-8-6-11(7-9-12)18-17(22)13(10-28-18)19-24-20(26-25-19)16-14(21)4-3-5-15(16)23/h3-10H,2H2,1H3,(H,24,25,26). The Morgan fingerprint density at radius 3 is 2.64 bits per heavy atom. The van der Waals surface area contributed by atoms with Crippen molar-refractivity contribution in [3.05, 3.63) is 63.7 Å². The molecule has 0 aliphatic carbocycles. The van der Waals surface area contributed by atoms with Crippen molar-refractivity contribution in [2.24, 2.45) is 0 Å². The first-order chi connectivity index (χ1) is 13.6. The first kappa shape index (κ1) is 18.9. The lowest BCUT2D eigenvalue weighted by Gasteiger charge is -2.04. The molecule has 4 rings (SSSR count). The van der Waals surface area contributed by atoms with Crippen LogP contribution in [0.5, 0.6) is 5.75 Å².